The van der Waals surface area contributed by atoms with Crippen molar-refractivity contribution in [2.24, 2.45) is 0 Å². The summed E-state index contributed by atoms with van der Waals surface area (Å²) in [5, 5.41) is 0.877. The van der Waals surface area contributed by atoms with Gasteiger partial charge in [0.2, 0.25) is 12.1 Å². The Morgan fingerprint density at radius 1 is 1.62 bits per heavy atom. The van der Waals surface area contributed by atoms with Gasteiger partial charge < -0.3 is 9.47 Å². The number of ether oxygens (including phenoxy) is 2. The fourth-order valence-electron chi connectivity index (χ4n) is 1.91. The second-order valence-electron chi connectivity index (χ2n) is 3.97. The molecule has 4 nitrogen and oxygen atoms in total. The van der Waals surface area contributed by atoms with Crippen molar-refractivity contribution < 1.29 is 14.3 Å². The number of aryl methyl sites for hydroxylation is 1. The van der Waals surface area contributed by atoms with Crippen molar-refractivity contribution in [2.45, 2.75) is 25.7 Å². The third kappa shape index (κ3) is 1.71. The van der Waals surface area contributed by atoms with Crippen LogP contribution in [0.2, 0.25) is 0 Å². The van der Waals surface area contributed by atoms with Crippen LogP contribution in [0.4, 0.5) is 0 Å². The molecule has 5 heteroatoms. The summed E-state index contributed by atoms with van der Waals surface area (Å²) in [6.45, 7) is 2.52. The predicted octanol–water partition coefficient (Wildman–Crippen LogP) is 1.55. The molecule has 1 aromatic rings. The van der Waals surface area contributed by atoms with Crippen molar-refractivity contribution in [3.05, 3.63) is 21.7 Å². The van der Waals surface area contributed by atoms with Gasteiger partial charge >= 0.3 is 0 Å². The van der Waals surface area contributed by atoms with E-state index in [1.165, 1.54) is 0 Å². The van der Waals surface area contributed by atoms with Crippen molar-refractivity contribution in [1.82, 2.24) is 4.98 Å². The molecule has 16 heavy (non-hydrogen) atoms. The van der Waals surface area contributed by atoms with Gasteiger partial charge in [-0.3, -0.25) is 4.79 Å². The SMILES string of the molecule is Cc1cnc(/C=C2\C[C@H]3CO[C@H](O3)C2=O)s1. The Hall–Kier alpha value is -1.04. The highest BCUT2D eigenvalue weighted by Crippen LogP contribution is 2.29. The summed E-state index contributed by atoms with van der Waals surface area (Å²) in [5.74, 6) is -0.0541. The number of Topliss-reactive ketones (excluding diaryl/α,β-unsaturated/α-hetero) is 1. The Bertz CT molecular complexity index is 466. The smallest absolute Gasteiger partial charge is 0.222 e. The molecule has 2 fully saturated rings. The van der Waals surface area contributed by atoms with Gasteiger partial charge in [-0.05, 0) is 13.0 Å². The first-order valence-corrected chi connectivity index (χ1v) is 5.98. The maximum absolute atomic E-state index is 11.9. The highest BCUT2D eigenvalue weighted by atomic mass is 32.1. The zero-order chi connectivity index (χ0) is 11.1. The van der Waals surface area contributed by atoms with Gasteiger partial charge in [-0.1, -0.05) is 0 Å². The molecule has 2 aliphatic heterocycles. The number of fused-ring (bicyclic) bond motifs is 2. The van der Waals surface area contributed by atoms with Crippen LogP contribution in [0.1, 0.15) is 16.3 Å². The van der Waals surface area contributed by atoms with Crippen LogP contribution in [-0.4, -0.2) is 29.8 Å². The zero-order valence-corrected chi connectivity index (χ0v) is 9.62. The molecule has 0 N–H and O–H groups in total. The van der Waals surface area contributed by atoms with Crippen LogP contribution < -0.4 is 0 Å². The van der Waals surface area contributed by atoms with E-state index in [-0.39, 0.29) is 11.9 Å². The Morgan fingerprint density at radius 2 is 2.50 bits per heavy atom. The van der Waals surface area contributed by atoms with Crippen molar-refractivity contribution in [3.8, 4) is 0 Å². The van der Waals surface area contributed by atoms with E-state index < -0.39 is 6.29 Å². The topological polar surface area (TPSA) is 48.4 Å². The minimum Gasteiger partial charge on any atom is -0.343 e. The maximum Gasteiger partial charge on any atom is 0.222 e. The Kier molecular flexibility index (Phi) is 2.38. The van der Waals surface area contributed by atoms with Crippen LogP contribution in [0.15, 0.2) is 11.8 Å². The predicted molar refractivity (Wildman–Crippen MR) is 59.1 cm³/mol. The molecule has 84 valence electrons. The normalized spacial score (nSPS) is 31.3. The highest BCUT2D eigenvalue weighted by molar-refractivity contribution is 7.12. The maximum atomic E-state index is 11.9. The van der Waals surface area contributed by atoms with Gasteiger partial charge in [0.15, 0.2) is 0 Å². The third-order valence-corrected chi connectivity index (χ3v) is 3.52. The van der Waals surface area contributed by atoms with Gasteiger partial charge in [0.25, 0.3) is 0 Å². The summed E-state index contributed by atoms with van der Waals surface area (Å²) in [6.07, 6.45) is 3.66. The molecule has 2 aliphatic rings. The molecular weight excluding hydrogens is 226 g/mol. The first-order valence-electron chi connectivity index (χ1n) is 5.16. The monoisotopic (exact) mass is 237 g/mol. The number of ketones is 1. The van der Waals surface area contributed by atoms with Crippen LogP contribution in [-0.2, 0) is 14.3 Å². The van der Waals surface area contributed by atoms with Gasteiger partial charge in [0.1, 0.15) is 5.01 Å². The third-order valence-electron chi connectivity index (χ3n) is 2.66. The van der Waals surface area contributed by atoms with E-state index >= 15 is 0 Å². The summed E-state index contributed by atoms with van der Waals surface area (Å²) in [5.41, 5.74) is 0.771. The number of thiazole rings is 1. The lowest BCUT2D eigenvalue weighted by molar-refractivity contribution is -0.146. The summed E-state index contributed by atoms with van der Waals surface area (Å²) in [6, 6.07) is 0. The first kappa shape index (κ1) is 10.1. The van der Waals surface area contributed by atoms with E-state index in [9.17, 15) is 4.79 Å². The molecule has 0 aliphatic carbocycles. The number of nitrogens with zero attached hydrogens (tertiary/aromatic N) is 1. The van der Waals surface area contributed by atoms with E-state index in [0.717, 1.165) is 15.5 Å². The van der Waals surface area contributed by atoms with Crippen LogP contribution >= 0.6 is 11.3 Å². The number of rotatable bonds is 1. The van der Waals surface area contributed by atoms with E-state index in [2.05, 4.69) is 4.98 Å². The van der Waals surface area contributed by atoms with Crippen molar-refractivity contribution >= 4 is 23.2 Å². The largest absolute Gasteiger partial charge is 0.343 e. The lowest BCUT2D eigenvalue weighted by atomic mass is 10.0. The second kappa shape index (κ2) is 3.76. The minimum absolute atomic E-state index is 0.0370. The Labute approximate surface area is 96.9 Å². The van der Waals surface area contributed by atoms with Gasteiger partial charge in [0, 0.05) is 23.1 Å². The number of aromatic nitrogens is 1. The molecule has 0 unspecified atom stereocenters. The lowest BCUT2D eigenvalue weighted by Gasteiger charge is -2.18. The van der Waals surface area contributed by atoms with Crippen LogP contribution in [0.25, 0.3) is 6.08 Å². The number of hydrogen-bond acceptors (Lipinski definition) is 5. The average Bonchev–Trinajstić information content (AvgIpc) is 2.83. The number of carbonyl (C=O) groups excluding carboxylic acids is 1. The molecule has 0 aromatic carbocycles. The fraction of sp³-hybridized carbons (Fsp3) is 0.455. The van der Waals surface area contributed by atoms with Crippen LogP contribution in [0.5, 0.6) is 0 Å². The molecule has 0 radical (unpaired) electrons. The van der Waals surface area contributed by atoms with Crippen LogP contribution in [0, 0.1) is 6.92 Å². The molecule has 2 saturated heterocycles. The van der Waals surface area contributed by atoms with E-state index in [1.807, 2.05) is 19.2 Å². The van der Waals surface area contributed by atoms with Gasteiger partial charge in [-0.15, -0.1) is 11.3 Å². The molecule has 2 atom stereocenters. The highest BCUT2D eigenvalue weighted by Gasteiger charge is 2.39. The van der Waals surface area contributed by atoms with Crippen molar-refractivity contribution in [2.75, 3.05) is 6.61 Å². The summed E-state index contributed by atoms with van der Waals surface area (Å²) >= 11 is 1.58. The van der Waals surface area contributed by atoms with Gasteiger partial charge in [-0.25, -0.2) is 4.98 Å². The van der Waals surface area contributed by atoms with Crippen molar-refractivity contribution in [1.29, 1.82) is 0 Å². The molecule has 1 aromatic heterocycles. The molecular formula is C11H11NO3S. The zero-order valence-electron chi connectivity index (χ0n) is 8.80. The molecule has 0 amide bonds. The molecule has 0 saturated carbocycles. The Morgan fingerprint density at radius 3 is 3.25 bits per heavy atom. The molecule has 0 spiro atoms. The van der Waals surface area contributed by atoms with Gasteiger partial charge in [0.05, 0.1) is 12.7 Å². The van der Waals surface area contributed by atoms with E-state index in [4.69, 9.17) is 9.47 Å². The van der Waals surface area contributed by atoms with E-state index in [0.29, 0.717) is 13.0 Å². The van der Waals surface area contributed by atoms with E-state index in [1.54, 1.807) is 11.3 Å². The fourth-order valence-corrected chi connectivity index (χ4v) is 2.65. The standard InChI is InChI=1S/C11H11NO3S/c1-6-4-12-9(16-6)3-7-2-8-5-14-11(15-8)10(7)13/h3-4,8,11H,2,5H2,1H3/b7-3+/t8-,11+/m0/s1. The number of hydrogen-bond donors (Lipinski definition) is 0. The van der Waals surface area contributed by atoms with Gasteiger partial charge in [-0.2, -0.15) is 0 Å². The van der Waals surface area contributed by atoms with Crippen molar-refractivity contribution in [3.63, 3.8) is 0 Å². The molecule has 3 rings (SSSR count). The molecule has 2 bridgehead atoms. The summed E-state index contributed by atoms with van der Waals surface area (Å²) < 4.78 is 10.6. The number of carbonyl (C=O) groups is 1. The Balaban J connectivity index is 1.89. The quantitative estimate of drug-likeness (QED) is 0.695. The van der Waals surface area contributed by atoms with Crippen LogP contribution in [0.3, 0.4) is 0 Å². The lowest BCUT2D eigenvalue weighted by Crippen LogP contribution is -2.30. The summed E-state index contributed by atoms with van der Waals surface area (Å²) in [7, 11) is 0. The summed E-state index contributed by atoms with van der Waals surface area (Å²) in [4.78, 5) is 17.2. The average molecular weight is 237 g/mol. The molecule has 3 heterocycles. The first-order chi connectivity index (χ1) is 7.72. The minimum atomic E-state index is -0.675. The second-order valence-corrected chi connectivity index (χ2v) is 5.24.